The predicted molar refractivity (Wildman–Crippen MR) is 69.1 cm³/mol. The first-order chi connectivity index (χ1) is 8.20. The molecular weight excluding hydrogens is 212 g/mol. The smallest absolute Gasteiger partial charge is 0.0839 e. The van der Waals surface area contributed by atoms with Gasteiger partial charge in [0.25, 0.3) is 0 Å². The average Bonchev–Trinajstić information content (AvgIpc) is 2.76. The second kappa shape index (κ2) is 5.65. The Morgan fingerprint density at radius 1 is 1.12 bits per heavy atom. The molecule has 2 unspecified atom stereocenters. The molecule has 0 aliphatic heterocycles. The van der Waals surface area contributed by atoms with Gasteiger partial charge in [0.15, 0.2) is 0 Å². The number of aliphatic hydroxyl groups excluding tert-OH is 2. The molecule has 0 fully saturated rings. The molecule has 0 amide bonds. The van der Waals surface area contributed by atoms with Gasteiger partial charge >= 0.3 is 0 Å². The van der Waals surface area contributed by atoms with Gasteiger partial charge in [0.2, 0.25) is 0 Å². The highest BCUT2D eigenvalue weighted by atomic mass is 16.3. The fourth-order valence-corrected chi connectivity index (χ4v) is 2.62. The van der Waals surface area contributed by atoms with Gasteiger partial charge in [-0.15, -0.1) is 0 Å². The van der Waals surface area contributed by atoms with Crippen molar-refractivity contribution in [3.8, 4) is 0 Å². The first kappa shape index (κ1) is 12.6. The molecule has 1 aromatic rings. The molecule has 0 bridgehead atoms. The molecule has 2 rings (SSSR count). The van der Waals surface area contributed by atoms with Gasteiger partial charge in [-0.2, -0.15) is 0 Å². The highest BCUT2D eigenvalue weighted by Gasteiger charge is 2.17. The summed E-state index contributed by atoms with van der Waals surface area (Å²) in [7, 11) is 0. The Morgan fingerprint density at radius 3 is 2.65 bits per heavy atom. The zero-order valence-corrected chi connectivity index (χ0v) is 10.5. The van der Waals surface area contributed by atoms with Crippen LogP contribution in [0.4, 0.5) is 0 Å². The normalized spacial score (nSPS) is 17.8. The van der Waals surface area contributed by atoms with Crippen molar-refractivity contribution in [2.45, 2.75) is 57.7 Å². The summed E-state index contributed by atoms with van der Waals surface area (Å²) in [5.74, 6) is 0. The molecule has 0 saturated heterocycles. The zero-order valence-electron chi connectivity index (χ0n) is 10.5. The summed E-state index contributed by atoms with van der Waals surface area (Å²) in [6, 6.07) is 6.47. The summed E-state index contributed by atoms with van der Waals surface area (Å²) in [6.07, 6.45) is 4.53. The third-order valence-electron chi connectivity index (χ3n) is 3.64. The molecule has 1 aliphatic rings. The van der Waals surface area contributed by atoms with Gasteiger partial charge in [0.1, 0.15) is 0 Å². The zero-order chi connectivity index (χ0) is 12.3. The first-order valence-electron chi connectivity index (χ1n) is 6.67. The maximum atomic E-state index is 9.90. The van der Waals surface area contributed by atoms with Crippen LogP contribution < -0.4 is 0 Å². The molecular formula is C15H22O2. The van der Waals surface area contributed by atoms with Crippen LogP contribution in [-0.4, -0.2) is 22.4 Å². The molecule has 0 radical (unpaired) electrons. The van der Waals surface area contributed by atoms with E-state index in [4.69, 9.17) is 0 Å². The minimum absolute atomic E-state index is 0.564. The van der Waals surface area contributed by atoms with Gasteiger partial charge in [-0.1, -0.05) is 31.5 Å². The lowest BCUT2D eigenvalue weighted by molar-refractivity contribution is 0.0148. The van der Waals surface area contributed by atoms with Crippen molar-refractivity contribution in [1.29, 1.82) is 0 Å². The van der Waals surface area contributed by atoms with Crippen LogP contribution in [-0.2, 0) is 19.3 Å². The average molecular weight is 234 g/mol. The van der Waals surface area contributed by atoms with Crippen molar-refractivity contribution >= 4 is 0 Å². The van der Waals surface area contributed by atoms with E-state index in [0.717, 1.165) is 18.4 Å². The van der Waals surface area contributed by atoms with Crippen LogP contribution in [0.1, 0.15) is 42.9 Å². The fourth-order valence-electron chi connectivity index (χ4n) is 2.62. The standard InChI is InChI=1S/C15H22O2/c1-2-4-14(16)15(17)10-11-7-8-12-5-3-6-13(12)9-11/h7-9,14-17H,2-6,10H2,1H3. The lowest BCUT2D eigenvalue weighted by Gasteiger charge is -2.17. The van der Waals surface area contributed by atoms with Gasteiger partial charge < -0.3 is 10.2 Å². The highest BCUT2D eigenvalue weighted by molar-refractivity contribution is 5.35. The van der Waals surface area contributed by atoms with Crippen LogP contribution in [0.3, 0.4) is 0 Å². The van der Waals surface area contributed by atoms with E-state index < -0.39 is 12.2 Å². The molecule has 2 nitrogen and oxygen atoms in total. The number of benzene rings is 1. The second-order valence-electron chi connectivity index (χ2n) is 5.08. The molecule has 2 N–H and O–H groups in total. The SMILES string of the molecule is CCCC(O)C(O)Cc1ccc2c(c1)CCC2. The Morgan fingerprint density at radius 2 is 1.88 bits per heavy atom. The van der Waals surface area contributed by atoms with E-state index in [9.17, 15) is 10.2 Å². The molecule has 0 heterocycles. The van der Waals surface area contributed by atoms with E-state index in [2.05, 4.69) is 18.2 Å². The monoisotopic (exact) mass is 234 g/mol. The van der Waals surface area contributed by atoms with E-state index in [1.807, 2.05) is 6.92 Å². The Labute approximate surface area is 103 Å². The number of hydrogen-bond acceptors (Lipinski definition) is 2. The van der Waals surface area contributed by atoms with Crippen LogP contribution >= 0.6 is 0 Å². The molecule has 0 spiro atoms. The van der Waals surface area contributed by atoms with Gasteiger partial charge in [-0.25, -0.2) is 0 Å². The van der Waals surface area contributed by atoms with Crippen molar-refractivity contribution in [2.75, 3.05) is 0 Å². The summed E-state index contributed by atoms with van der Waals surface area (Å²) >= 11 is 0. The van der Waals surface area contributed by atoms with E-state index in [-0.39, 0.29) is 0 Å². The van der Waals surface area contributed by atoms with Crippen LogP contribution in [0.25, 0.3) is 0 Å². The molecule has 1 aromatic carbocycles. The van der Waals surface area contributed by atoms with Crippen molar-refractivity contribution in [2.24, 2.45) is 0 Å². The van der Waals surface area contributed by atoms with Gasteiger partial charge in [-0.05, 0) is 42.4 Å². The summed E-state index contributed by atoms with van der Waals surface area (Å²) in [5.41, 5.74) is 4.03. The van der Waals surface area contributed by atoms with Crippen molar-refractivity contribution < 1.29 is 10.2 Å². The summed E-state index contributed by atoms with van der Waals surface area (Å²) in [6.45, 7) is 2.02. The molecule has 2 atom stereocenters. The summed E-state index contributed by atoms with van der Waals surface area (Å²) in [5, 5.41) is 19.6. The van der Waals surface area contributed by atoms with Gasteiger partial charge in [0.05, 0.1) is 12.2 Å². The number of aryl methyl sites for hydroxylation is 2. The minimum Gasteiger partial charge on any atom is -0.390 e. The van der Waals surface area contributed by atoms with Crippen LogP contribution in [0.15, 0.2) is 18.2 Å². The number of hydrogen-bond donors (Lipinski definition) is 2. The minimum atomic E-state index is -0.630. The van der Waals surface area contributed by atoms with Crippen molar-refractivity contribution in [3.63, 3.8) is 0 Å². The lowest BCUT2D eigenvalue weighted by atomic mass is 9.98. The highest BCUT2D eigenvalue weighted by Crippen LogP contribution is 2.23. The second-order valence-corrected chi connectivity index (χ2v) is 5.08. The molecule has 17 heavy (non-hydrogen) atoms. The third kappa shape index (κ3) is 3.08. The number of aliphatic hydroxyl groups is 2. The fraction of sp³-hybridized carbons (Fsp3) is 0.600. The molecule has 1 aliphatic carbocycles. The van der Waals surface area contributed by atoms with E-state index in [0.29, 0.717) is 12.8 Å². The molecule has 0 saturated carbocycles. The Bertz CT molecular complexity index is 373. The summed E-state index contributed by atoms with van der Waals surface area (Å²) < 4.78 is 0. The molecule has 0 aromatic heterocycles. The van der Waals surface area contributed by atoms with E-state index >= 15 is 0 Å². The number of rotatable bonds is 5. The maximum absolute atomic E-state index is 9.90. The largest absolute Gasteiger partial charge is 0.390 e. The molecule has 94 valence electrons. The quantitative estimate of drug-likeness (QED) is 0.820. The van der Waals surface area contributed by atoms with Crippen molar-refractivity contribution in [1.82, 2.24) is 0 Å². The Kier molecular flexibility index (Phi) is 4.19. The van der Waals surface area contributed by atoms with Gasteiger partial charge in [-0.3, -0.25) is 0 Å². The topological polar surface area (TPSA) is 40.5 Å². The Balaban J connectivity index is 1.99. The van der Waals surface area contributed by atoms with Crippen LogP contribution in [0, 0.1) is 0 Å². The third-order valence-corrected chi connectivity index (χ3v) is 3.64. The summed E-state index contributed by atoms with van der Waals surface area (Å²) in [4.78, 5) is 0. The van der Waals surface area contributed by atoms with Gasteiger partial charge in [0, 0.05) is 6.42 Å². The van der Waals surface area contributed by atoms with Crippen molar-refractivity contribution in [3.05, 3.63) is 34.9 Å². The number of fused-ring (bicyclic) bond motifs is 1. The van der Waals surface area contributed by atoms with Crippen LogP contribution in [0.5, 0.6) is 0 Å². The predicted octanol–water partition coefficient (Wildman–Crippen LogP) is 2.24. The van der Waals surface area contributed by atoms with E-state index in [1.165, 1.54) is 24.0 Å². The lowest BCUT2D eigenvalue weighted by Crippen LogP contribution is -2.27. The van der Waals surface area contributed by atoms with E-state index in [1.54, 1.807) is 0 Å². The van der Waals surface area contributed by atoms with Crippen LogP contribution in [0.2, 0.25) is 0 Å². The maximum Gasteiger partial charge on any atom is 0.0839 e. The Hall–Kier alpha value is -0.860. The first-order valence-corrected chi connectivity index (χ1v) is 6.67. The molecule has 2 heteroatoms.